The maximum atomic E-state index is 13.5. The van der Waals surface area contributed by atoms with E-state index >= 15 is 0 Å². The SMILES string of the molecule is COc1cc(CN(C)C[C@@H](O)Cn2c(C(F)(F)F)nc3ccccc32)ccc1OCCCN(C)C. The van der Waals surface area contributed by atoms with Crippen molar-refractivity contribution < 1.29 is 27.8 Å². The largest absolute Gasteiger partial charge is 0.493 e. The van der Waals surface area contributed by atoms with Crippen LogP contribution in [-0.4, -0.2) is 78.5 Å². The van der Waals surface area contributed by atoms with Crippen molar-refractivity contribution in [2.24, 2.45) is 0 Å². The number of nitrogens with zero attached hydrogens (tertiary/aromatic N) is 4. The van der Waals surface area contributed by atoms with Crippen LogP contribution in [0.3, 0.4) is 0 Å². The first kappa shape index (κ1) is 26.8. The Labute approximate surface area is 203 Å². The van der Waals surface area contributed by atoms with Gasteiger partial charge >= 0.3 is 6.18 Å². The number of hydrogen-bond acceptors (Lipinski definition) is 6. The number of aromatic nitrogens is 2. The number of methoxy groups -OCH3 is 1. The van der Waals surface area contributed by atoms with E-state index in [1.807, 2.05) is 37.2 Å². The molecule has 3 rings (SSSR count). The molecule has 0 saturated carbocycles. The quantitative estimate of drug-likeness (QED) is 0.386. The monoisotopic (exact) mass is 494 g/mol. The van der Waals surface area contributed by atoms with Crippen molar-refractivity contribution in [1.29, 1.82) is 0 Å². The number of fused-ring (bicyclic) bond motifs is 1. The summed E-state index contributed by atoms with van der Waals surface area (Å²) in [5.74, 6) is 0.261. The predicted molar refractivity (Wildman–Crippen MR) is 129 cm³/mol. The van der Waals surface area contributed by atoms with Gasteiger partial charge in [-0.05, 0) is 57.4 Å². The van der Waals surface area contributed by atoms with E-state index in [0.29, 0.717) is 30.2 Å². The number of likely N-dealkylation sites (N-methyl/N-ethyl adjacent to an activating group) is 1. The summed E-state index contributed by atoms with van der Waals surface area (Å²) in [5.41, 5.74) is 1.52. The fraction of sp³-hybridized carbons (Fsp3) is 0.480. The fourth-order valence-corrected chi connectivity index (χ4v) is 3.97. The summed E-state index contributed by atoms with van der Waals surface area (Å²) >= 11 is 0. The number of imidazole rings is 1. The minimum Gasteiger partial charge on any atom is -0.493 e. The minimum absolute atomic E-state index is 0.176. The lowest BCUT2D eigenvalue weighted by molar-refractivity contribution is -0.147. The standard InChI is InChI=1S/C25H33F3N4O3/c1-30(2)12-7-13-35-22-11-10-18(14-23(22)34-4)15-31(3)16-19(33)17-32-21-9-6-5-8-20(21)29-24(32)25(26,27)28/h5-6,8-11,14,19,33H,7,12-13,15-17H2,1-4H3/t19-/m1/s1. The second kappa shape index (κ2) is 11.7. The molecule has 0 bridgehead atoms. The Kier molecular flexibility index (Phi) is 8.98. The lowest BCUT2D eigenvalue weighted by atomic mass is 10.2. The maximum absolute atomic E-state index is 13.5. The highest BCUT2D eigenvalue weighted by atomic mass is 19.4. The zero-order chi connectivity index (χ0) is 25.6. The van der Waals surface area contributed by atoms with Gasteiger partial charge in [0.25, 0.3) is 0 Å². The van der Waals surface area contributed by atoms with Crippen LogP contribution in [0.25, 0.3) is 11.0 Å². The Morgan fingerprint density at radius 1 is 1.09 bits per heavy atom. The van der Waals surface area contributed by atoms with Crippen molar-refractivity contribution in [3.8, 4) is 11.5 Å². The molecule has 1 heterocycles. The van der Waals surface area contributed by atoms with Gasteiger partial charge in [0.2, 0.25) is 5.82 Å². The molecule has 7 nitrogen and oxygen atoms in total. The molecular formula is C25H33F3N4O3. The topological polar surface area (TPSA) is 63.0 Å². The summed E-state index contributed by atoms with van der Waals surface area (Å²) in [6.45, 7) is 1.93. The van der Waals surface area contributed by atoms with E-state index in [1.54, 1.807) is 32.4 Å². The van der Waals surface area contributed by atoms with Crippen molar-refractivity contribution in [2.45, 2.75) is 31.8 Å². The molecule has 0 aliphatic carbocycles. The first-order valence-electron chi connectivity index (χ1n) is 11.4. The molecule has 3 aromatic rings. The van der Waals surface area contributed by atoms with Crippen molar-refractivity contribution in [2.75, 3.05) is 47.9 Å². The molecule has 0 saturated heterocycles. The van der Waals surface area contributed by atoms with Crippen LogP contribution >= 0.6 is 0 Å². The molecule has 0 amide bonds. The van der Waals surface area contributed by atoms with Gasteiger partial charge in [-0.3, -0.25) is 4.90 Å². The van der Waals surface area contributed by atoms with Crippen LogP contribution in [0.4, 0.5) is 13.2 Å². The van der Waals surface area contributed by atoms with Crippen LogP contribution in [0.1, 0.15) is 17.8 Å². The van der Waals surface area contributed by atoms with Crippen LogP contribution in [0.15, 0.2) is 42.5 Å². The second-order valence-electron chi connectivity index (χ2n) is 8.87. The third-order valence-electron chi connectivity index (χ3n) is 5.51. The molecule has 35 heavy (non-hydrogen) atoms. The Balaban J connectivity index is 1.62. The Morgan fingerprint density at radius 2 is 1.83 bits per heavy atom. The lowest BCUT2D eigenvalue weighted by Gasteiger charge is -2.22. The Bertz CT molecular complexity index is 1100. The molecule has 0 spiro atoms. The Morgan fingerprint density at radius 3 is 2.51 bits per heavy atom. The first-order valence-corrected chi connectivity index (χ1v) is 11.4. The molecule has 0 radical (unpaired) electrons. The summed E-state index contributed by atoms with van der Waals surface area (Å²) in [5, 5.41) is 10.6. The van der Waals surface area contributed by atoms with Gasteiger partial charge in [-0.2, -0.15) is 13.2 Å². The number of para-hydroxylation sites is 2. The molecule has 2 aromatic carbocycles. The van der Waals surface area contributed by atoms with Crippen LogP contribution in [-0.2, 0) is 19.3 Å². The molecule has 1 N–H and O–H groups in total. The molecule has 0 aliphatic rings. The van der Waals surface area contributed by atoms with Crippen molar-refractivity contribution in [3.05, 3.63) is 53.9 Å². The van der Waals surface area contributed by atoms with E-state index in [9.17, 15) is 18.3 Å². The number of alkyl halides is 3. The van der Waals surface area contributed by atoms with Gasteiger partial charge < -0.3 is 24.0 Å². The number of aliphatic hydroxyl groups excluding tert-OH is 1. The van der Waals surface area contributed by atoms with Crippen LogP contribution < -0.4 is 9.47 Å². The zero-order valence-electron chi connectivity index (χ0n) is 20.5. The van der Waals surface area contributed by atoms with E-state index < -0.39 is 18.1 Å². The molecule has 10 heteroatoms. The number of halogens is 3. The van der Waals surface area contributed by atoms with E-state index in [-0.39, 0.29) is 18.6 Å². The normalized spacial score (nSPS) is 13.1. The molecular weight excluding hydrogens is 461 g/mol. The molecule has 0 fully saturated rings. The summed E-state index contributed by atoms with van der Waals surface area (Å²) in [4.78, 5) is 7.67. The van der Waals surface area contributed by atoms with E-state index in [1.165, 1.54) is 6.07 Å². The van der Waals surface area contributed by atoms with Crippen molar-refractivity contribution >= 4 is 11.0 Å². The number of ether oxygens (including phenoxy) is 2. The molecule has 0 unspecified atom stereocenters. The van der Waals surface area contributed by atoms with Gasteiger partial charge in [-0.1, -0.05) is 18.2 Å². The van der Waals surface area contributed by atoms with Crippen molar-refractivity contribution in [1.82, 2.24) is 19.4 Å². The van der Waals surface area contributed by atoms with E-state index in [4.69, 9.17) is 9.47 Å². The average Bonchev–Trinajstić information content (AvgIpc) is 3.16. The van der Waals surface area contributed by atoms with Gasteiger partial charge in [0.15, 0.2) is 11.5 Å². The van der Waals surface area contributed by atoms with Gasteiger partial charge in [-0.15, -0.1) is 0 Å². The van der Waals surface area contributed by atoms with Crippen LogP contribution in [0, 0.1) is 0 Å². The van der Waals surface area contributed by atoms with Gasteiger partial charge in [-0.25, -0.2) is 4.98 Å². The number of rotatable bonds is 12. The van der Waals surface area contributed by atoms with E-state index in [0.717, 1.165) is 23.1 Å². The zero-order valence-corrected chi connectivity index (χ0v) is 20.5. The van der Waals surface area contributed by atoms with Gasteiger partial charge in [0.1, 0.15) is 0 Å². The highest BCUT2D eigenvalue weighted by Gasteiger charge is 2.38. The minimum atomic E-state index is -4.61. The summed E-state index contributed by atoms with van der Waals surface area (Å²) in [7, 11) is 7.40. The highest BCUT2D eigenvalue weighted by molar-refractivity contribution is 5.76. The molecule has 1 atom stereocenters. The fourth-order valence-electron chi connectivity index (χ4n) is 3.97. The number of benzene rings is 2. The maximum Gasteiger partial charge on any atom is 0.449 e. The highest BCUT2D eigenvalue weighted by Crippen LogP contribution is 2.32. The summed E-state index contributed by atoms with van der Waals surface area (Å²) in [6, 6.07) is 12.0. The number of aliphatic hydroxyl groups is 1. The van der Waals surface area contributed by atoms with Gasteiger partial charge in [0, 0.05) is 19.6 Å². The predicted octanol–water partition coefficient (Wildman–Crippen LogP) is 3.89. The third kappa shape index (κ3) is 7.33. The first-order chi connectivity index (χ1) is 16.6. The smallest absolute Gasteiger partial charge is 0.449 e. The number of hydrogen-bond donors (Lipinski definition) is 1. The average molecular weight is 495 g/mol. The molecule has 0 aliphatic heterocycles. The lowest BCUT2D eigenvalue weighted by Crippen LogP contribution is -2.32. The van der Waals surface area contributed by atoms with Crippen LogP contribution in [0.5, 0.6) is 11.5 Å². The van der Waals surface area contributed by atoms with Gasteiger partial charge in [0.05, 0.1) is 37.4 Å². The summed E-state index contributed by atoms with van der Waals surface area (Å²) in [6.07, 6.45) is -4.75. The Hall–Kier alpha value is -2.82. The second-order valence-corrected chi connectivity index (χ2v) is 8.87. The third-order valence-corrected chi connectivity index (χ3v) is 5.51. The van der Waals surface area contributed by atoms with Crippen molar-refractivity contribution in [3.63, 3.8) is 0 Å². The summed E-state index contributed by atoms with van der Waals surface area (Å²) < 4.78 is 52.9. The molecule has 1 aromatic heterocycles. The van der Waals surface area contributed by atoms with Crippen LogP contribution in [0.2, 0.25) is 0 Å². The van der Waals surface area contributed by atoms with E-state index in [2.05, 4.69) is 9.88 Å². The molecule has 192 valence electrons.